The van der Waals surface area contributed by atoms with Gasteiger partial charge in [0, 0.05) is 12.1 Å². The van der Waals surface area contributed by atoms with Gasteiger partial charge >= 0.3 is 5.97 Å². The van der Waals surface area contributed by atoms with E-state index in [1.54, 1.807) is 24.3 Å². The largest absolute Gasteiger partial charge is 0.467 e. The number of aromatic nitrogens is 2. The molecular formula is C34H48N4O4. The third kappa shape index (κ3) is 10.3. The minimum absolute atomic E-state index is 0.0540. The number of methoxy groups -OCH3 is 1. The van der Waals surface area contributed by atoms with Crippen LogP contribution in [-0.4, -0.2) is 41.5 Å². The minimum Gasteiger partial charge on any atom is -0.467 e. The molecule has 8 heteroatoms. The number of carbonyl (C=O) groups excluding carboxylic acids is 2. The summed E-state index contributed by atoms with van der Waals surface area (Å²) in [6, 6.07) is 13.8. The summed E-state index contributed by atoms with van der Waals surface area (Å²) < 4.78 is 11.0. The number of fused-ring (bicyclic) bond motifs is 1. The lowest BCUT2D eigenvalue weighted by Crippen LogP contribution is -2.45. The molecular weight excluding hydrogens is 528 g/mol. The monoisotopic (exact) mass is 576 g/mol. The third-order valence-corrected chi connectivity index (χ3v) is 7.65. The lowest BCUT2D eigenvalue weighted by molar-refractivity contribution is -0.144. The lowest BCUT2D eigenvalue weighted by atomic mass is 9.99. The van der Waals surface area contributed by atoms with Crippen molar-refractivity contribution in [2.45, 2.75) is 97.4 Å². The van der Waals surface area contributed by atoms with E-state index in [0.717, 1.165) is 30.4 Å². The van der Waals surface area contributed by atoms with Crippen LogP contribution < -0.4 is 15.4 Å². The normalized spacial score (nSPS) is 12.5. The first-order valence-corrected chi connectivity index (χ1v) is 15.6. The number of hydrogen-bond donors (Lipinski definition) is 2. The summed E-state index contributed by atoms with van der Waals surface area (Å²) >= 11 is 0. The number of anilines is 1. The third-order valence-electron chi connectivity index (χ3n) is 7.65. The van der Waals surface area contributed by atoms with Gasteiger partial charge < -0.3 is 20.1 Å². The number of nitrogens with one attached hydrogen (secondary N) is 2. The molecule has 8 nitrogen and oxygen atoms in total. The van der Waals surface area contributed by atoms with Crippen LogP contribution >= 0.6 is 0 Å². The standard InChI is InChI=1S/C34H48N4O4/c1-5-7-8-9-10-11-12-13-14-17-24-35-31-33(37-29-19-16-15-18-28(29)36-31)42-27-22-20-26(21-23-27)32(39)38-30(25(3)6-2)34(40)41-4/h15-16,18-23,25,30H,5-14,17,24H2,1-4H3,(H,35,36)(H,38,39)/t25-,30+/m1/s1. The number of hydrogen-bond acceptors (Lipinski definition) is 7. The molecule has 3 aromatic rings. The van der Waals surface area contributed by atoms with E-state index in [2.05, 4.69) is 17.6 Å². The molecule has 42 heavy (non-hydrogen) atoms. The van der Waals surface area contributed by atoms with E-state index in [-0.39, 0.29) is 11.8 Å². The van der Waals surface area contributed by atoms with Crippen LogP contribution in [-0.2, 0) is 9.53 Å². The van der Waals surface area contributed by atoms with Gasteiger partial charge in [0.15, 0.2) is 5.82 Å². The Labute approximate surface area is 251 Å². The first-order chi connectivity index (χ1) is 20.5. The average molecular weight is 577 g/mol. The Kier molecular flexibility index (Phi) is 14.1. The van der Waals surface area contributed by atoms with Crippen molar-refractivity contribution >= 4 is 28.7 Å². The van der Waals surface area contributed by atoms with Gasteiger partial charge in [-0.15, -0.1) is 0 Å². The molecule has 0 spiro atoms. The van der Waals surface area contributed by atoms with Gasteiger partial charge in [0.25, 0.3) is 11.8 Å². The fourth-order valence-corrected chi connectivity index (χ4v) is 4.80. The molecule has 0 aliphatic heterocycles. The molecule has 3 rings (SSSR count). The number of amides is 1. The van der Waals surface area contributed by atoms with Crippen LogP contribution in [0.25, 0.3) is 11.0 Å². The number of carbonyl (C=O) groups is 2. The van der Waals surface area contributed by atoms with Gasteiger partial charge in [-0.25, -0.2) is 14.8 Å². The highest BCUT2D eigenvalue weighted by atomic mass is 16.5. The first-order valence-electron chi connectivity index (χ1n) is 15.6. The number of rotatable bonds is 19. The molecule has 0 saturated heterocycles. The summed E-state index contributed by atoms with van der Waals surface area (Å²) in [5.41, 5.74) is 1.96. The SMILES string of the molecule is CCCCCCCCCCCCNc1nc2ccccc2nc1Oc1ccc(C(=O)N[C@H](C(=O)OC)[C@H](C)CC)cc1. The molecule has 2 atom stereocenters. The van der Waals surface area contributed by atoms with Gasteiger partial charge in [0.1, 0.15) is 11.8 Å². The Hall–Kier alpha value is -3.68. The zero-order valence-corrected chi connectivity index (χ0v) is 25.8. The maximum absolute atomic E-state index is 12.9. The van der Waals surface area contributed by atoms with E-state index < -0.39 is 12.0 Å². The van der Waals surface area contributed by atoms with Crippen LogP contribution in [0.15, 0.2) is 48.5 Å². The number of nitrogens with zero attached hydrogens (tertiary/aromatic N) is 2. The van der Waals surface area contributed by atoms with Gasteiger partial charge in [-0.05, 0) is 48.7 Å². The van der Waals surface area contributed by atoms with E-state index >= 15 is 0 Å². The van der Waals surface area contributed by atoms with Gasteiger partial charge in [-0.2, -0.15) is 0 Å². The van der Waals surface area contributed by atoms with Gasteiger partial charge in [0.2, 0.25) is 0 Å². The van der Waals surface area contributed by atoms with E-state index in [9.17, 15) is 9.59 Å². The van der Waals surface area contributed by atoms with Crippen molar-refractivity contribution in [3.05, 3.63) is 54.1 Å². The summed E-state index contributed by atoms with van der Waals surface area (Å²) in [6.07, 6.45) is 13.6. The van der Waals surface area contributed by atoms with Crippen LogP contribution in [0.4, 0.5) is 5.82 Å². The van der Waals surface area contributed by atoms with Crippen molar-refractivity contribution in [3.63, 3.8) is 0 Å². The molecule has 2 N–H and O–H groups in total. The Morgan fingerprint density at radius 3 is 2.00 bits per heavy atom. The van der Waals surface area contributed by atoms with Gasteiger partial charge in [-0.1, -0.05) is 97.1 Å². The van der Waals surface area contributed by atoms with Crippen molar-refractivity contribution in [2.75, 3.05) is 19.0 Å². The zero-order chi connectivity index (χ0) is 30.2. The molecule has 0 radical (unpaired) electrons. The molecule has 0 saturated carbocycles. The first kappa shape index (κ1) is 32.8. The van der Waals surface area contributed by atoms with Gasteiger partial charge in [0.05, 0.1) is 18.1 Å². The molecule has 0 unspecified atom stereocenters. The lowest BCUT2D eigenvalue weighted by Gasteiger charge is -2.21. The van der Waals surface area contributed by atoms with E-state index in [1.165, 1.54) is 64.9 Å². The number of unbranched alkanes of at least 4 members (excludes halogenated alkanes) is 9. The molecule has 0 fully saturated rings. The van der Waals surface area contributed by atoms with Gasteiger partial charge in [-0.3, -0.25) is 4.79 Å². The topological polar surface area (TPSA) is 102 Å². The number of benzene rings is 2. The molecule has 1 heterocycles. The minimum atomic E-state index is -0.708. The van der Waals surface area contributed by atoms with E-state index in [0.29, 0.717) is 23.0 Å². The fourth-order valence-electron chi connectivity index (χ4n) is 4.80. The second kappa shape index (κ2) is 18.0. The quantitative estimate of drug-likeness (QED) is 0.110. The number of para-hydroxylation sites is 2. The summed E-state index contributed by atoms with van der Waals surface area (Å²) in [5, 5.41) is 6.23. The predicted molar refractivity (Wildman–Crippen MR) is 169 cm³/mol. The van der Waals surface area contributed by atoms with Crippen LogP contribution in [0.1, 0.15) is 102 Å². The molecule has 1 aromatic heterocycles. The van der Waals surface area contributed by atoms with Crippen molar-refractivity contribution in [1.29, 1.82) is 0 Å². The molecule has 0 aliphatic carbocycles. The van der Waals surface area contributed by atoms with Crippen molar-refractivity contribution in [1.82, 2.24) is 15.3 Å². The Morgan fingerprint density at radius 2 is 1.40 bits per heavy atom. The maximum atomic E-state index is 12.9. The van der Waals surface area contributed by atoms with Crippen molar-refractivity contribution < 1.29 is 19.1 Å². The molecule has 1 amide bonds. The highest BCUT2D eigenvalue weighted by Crippen LogP contribution is 2.29. The van der Waals surface area contributed by atoms with Crippen LogP contribution in [0.3, 0.4) is 0 Å². The zero-order valence-electron chi connectivity index (χ0n) is 25.8. The van der Waals surface area contributed by atoms with E-state index in [4.69, 9.17) is 19.4 Å². The smallest absolute Gasteiger partial charge is 0.328 e. The van der Waals surface area contributed by atoms with Crippen LogP contribution in [0.2, 0.25) is 0 Å². The van der Waals surface area contributed by atoms with Crippen LogP contribution in [0, 0.1) is 5.92 Å². The highest BCUT2D eigenvalue weighted by Gasteiger charge is 2.27. The summed E-state index contributed by atoms with van der Waals surface area (Å²) in [7, 11) is 1.33. The Morgan fingerprint density at radius 1 is 0.810 bits per heavy atom. The average Bonchev–Trinajstić information content (AvgIpc) is 3.02. The second-order valence-electron chi connectivity index (χ2n) is 11.0. The van der Waals surface area contributed by atoms with Crippen LogP contribution in [0.5, 0.6) is 11.6 Å². The van der Waals surface area contributed by atoms with Crippen molar-refractivity contribution in [3.8, 4) is 11.6 Å². The van der Waals surface area contributed by atoms with Crippen molar-refractivity contribution in [2.24, 2.45) is 5.92 Å². The second-order valence-corrected chi connectivity index (χ2v) is 11.0. The highest BCUT2D eigenvalue weighted by molar-refractivity contribution is 5.97. The predicted octanol–water partition coefficient (Wildman–Crippen LogP) is 8.07. The van der Waals surface area contributed by atoms with E-state index in [1.807, 2.05) is 38.1 Å². The summed E-state index contributed by atoms with van der Waals surface area (Å²) in [5.74, 6) is 0.666. The molecule has 2 aromatic carbocycles. The Balaban J connectivity index is 1.58. The number of esters is 1. The molecule has 228 valence electrons. The fraction of sp³-hybridized carbons (Fsp3) is 0.529. The molecule has 0 aliphatic rings. The molecule has 0 bridgehead atoms. The maximum Gasteiger partial charge on any atom is 0.328 e. The Bertz CT molecular complexity index is 1250. The summed E-state index contributed by atoms with van der Waals surface area (Å²) in [4.78, 5) is 34.5. The summed E-state index contributed by atoms with van der Waals surface area (Å²) in [6.45, 7) is 6.92. The number of ether oxygens (including phenoxy) is 2.